The van der Waals surface area contributed by atoms with Crippen molar-refractivity contribution < 1.29 is 21.6 Å². The van der Waals surface area contributed by atoms with E-state index in [0.29, 0.717) is 17.7 Å². The highest BCUT2D eigenvalue weighted by molar-refractivity contribution is 7.90. The number of fused-ring (bicyclic) bond motifs is 1. The van der Waals surface area contributed by atoms with Gasteiger partial charge in [0.1, 0.15) is 10.8 Å². The van der Waals surface area contributed by atoms with Gasteiger partial charge in [0.15, 0.2) is 9.84 Å². The first-order valence-corrected chi connectivity index (χ1v) is 8.98. The van der Waals surface area contributed by atoms with Crippen LogP contribution in [-0.2, 0) is 27.5 Å². The number of nitrogens with zero attached hydrogens (tertiary/aromatic N) is 2. The summed E-state index contributed by atoms with van der Waals surface area (Å²) in [5, 5.41) is 3.40. The molecule has 4 nitrogen and oxygen atoms in total. The summed E-state index contributed by atoms with van der Waals surface area (Å²) in [6.07, 6.45) is -4.60. The fourth-order valence-electron chi connectivity index (χ4n) is 2.29. The molecule has 1 aliphatic heterocycles. The fourth-order valence-corrected chi connectivity index (χ4v) is 4.81. The Morgan fingerprint density at radius 1 is 1.09 bits per heavy atom. The lowest BCUT2D eigenvalue weighted by Crippen LogP contribution is -2.08. The van der Waals surface area contributed by atoms with Gasteiger partial charge in [-0.05, 0) is 12.1 Å². The number of alkyl halides is 3. The number of halogens is 6. The van der Waals surface area contributed by atoms with Gasteiger partial charge in [0, 0.05) is 5.56 Å². The predicted molar refractivity (Wildman–Crippen MR) is 79.9 cm³/mol. The van der Waals surface area contributed by atoms with Gasteiger partial charge in [-0.25, -0.2) is 13.1 Å². The predicted octanol–water partition coefficient (Wildman–Crippen LogP) is 4.28. The van der Waals surface area contributed by atoms with E-state index in [1.54, 1.807) is 0 Å². The molecule has 23 heavy (non-hydrogen) atoms. The Kier molecular flexibility index (Phi) is 3.87. The van der Waals surface area contributed by atoms with Gasteiger partial charge in [0.25, 0.3) is 0 Å². The smallest absolute Gasteiger partial charge is 0.228 e. The van der Waals surface area contributed by atoms with Crippen molar-refractivity contribution in [2.24, 2.45) is 0 Å². The van der Waals surface area contributed by atoms with Crippen molar-refractivity contribution in [2.45, 2.75) is 17.7 Å². The molecule has 0 amide bonds. The third-order valence-electron chi connectivity index (χ3n) is 3.28. The molecule has 0 atom stereocenters. The van der Waals surface area contributed by atoms with Crippen LogP contribution in [0.1, 0.15) is 16.8 Å². The lowest BCUT2D eigenvalue weighted by atomic mass is 10.2. The quantitative estimate of drug-likeness (QED) is 0.711. The molecule has 1 aromatic heterocycles. The minimum absolute atomic E-state index is 0.0295. The average molecular weight is 406 g/mol. The minimum atomic E-state index is -4.60. The van der Waals surface area contributed by atoms with Crippen LogP contribution >= 0.6 is 34.8 Å². The standard InChI is InChI=1S/C12H6Cl3F3N2O2S/c13-7-1-5(12(16,17)18)2-8(14)10(7)20-11(15)6-3-23(21,22)4-9(6)19-20/h1-2H,3-4H2. The van der Waals surface area contributed by atoms with Gasteiger partial charge in [-0.15, -0.1) is 0 Å². The third kappa shape index (κ3) is 2.93. The first kappa shape index (κ1) is 16.9. The summed E-state index contributed by atoms with van der Waals surface area (Å²) in [5.41, 5.74) is -0.492. The molecule has 1 aliphatic rings. The van der Waals surface area contributed by atoms with Gasteiger partial charge in [-0.3, -0.25) is 0 Å². The van der Waals surface area contributed by atoms with Gasteiger partial charge in [-0.1, -0.05) is 34.8 Å². The molecule has 11 heteroatoms. The van der Waals surface area contributed by atoms with Crippen LogP contribution in [0.25, 0.3) is 5.69 Å². The van der Waals surface area contributed by atoms with Crippen LogP contribution in [0.2, 0.25) is 15.2 Å². The summed E-state index contributed by atoms with van der Waals surface area (Å²) in [6.45, 7) is 0. The Bertz CT molecular complexity index is 899. The van der Waals surface area contributed by atoms with Crippen molar-refractivity contribution in [3.8, 4) is 5.69 Å². The van der Waals surface area contributed by atoms with E-state index < -0.39 is 21.6 Å². The molecular weight excluding hydrogens is 400 g/mol. The fraction of sp³-hybridized carbons (Fsp3) is 0.250. The molecule has 0 radical (unpaired) electrons. The number of rotatable bonds is 1. The number of sulfone groups is 1. The number of benzene rings is 1. The Morgan fingerprint density at radius 2 is 1.65 bits per heavy atom. The second-order valence-corrected chi connectivity index (χ2v) is 8.18. The summed E-state index contributed by atoms with van der Waals surface area (Å²) < 4.78 is 62.4. The van der Waals surface area contributed by atoms with Crippen molar-refractivity contribution in [2.75, 3.05) is 0 Å². The molecule has 0 aliphatic carbocycles. The molecule has 0 saturated carbocycles. The summed E-state index contributed by atoms with van der Waals surface area (Å²) in [4.78, 5) is 0. The molecule has 2 heterocycles. The minimum Gasteiger partial charge on any atom is -0.228 e. The Labute approximate surface area is 143 Å². The summed E-state index contributed by atoms with van der Waals surface area (Å²) in [7, 11) is -3.30. The Hall–Kier alpha value is -0.960. The van der Waals surface area contributed by atoms with E-state index in [1.165, 1.54) is 0 Å². The number of hydrogen-bond acceptors (Lipinski definition) is 3. The third-order valence-corrected chi connectivity index (χ3v) is 5.69. The maximum absolute atomic E-state index is 12.7. The van der Waals surface area contributed by atoms with Crippen LogP contribution < -0.4 is 0 Å². The number of aromatic nitrogens is 2. The molecule has 0 N–H and O–H groups in total. The van der Waals surface area contributed by atoms with Crippen molar-refractivity contribution in [3.63, 3.8) is 0 Å². The second-order valence-electron chi connectivity index (χ2n) is 4.95. The first-order chi connectivity index (χ1) is 10.5. The van der Waals surface area contributed by atoms with E-state index in [-0.39, 0.29) is 38.1 Å². The van der Waals surface area contributed by atoms with Crippen molar-refractivity contribution in [3.05, 3.63) is 44.2 Å². The van der Waals surface area contributed by atoms with Crippen LogP contribution in [0, 0.1) is 0 Å². The summed E-state index contributed by atoms with van der Waals surface area (Å²) in [5.74, 6) is -0.567. The second kappa shape index (κ2) is 5.27. The zero-order valence-electron chi connectivity index (χ0n) is 11.0. The van der Waals surface area contributed by atoms with Crippen LogP contribution in [0.3, 0.4) is 0 Å². The normalized spacial score (nSPS) is 16.6. The highest BCUT2D eigenvalue weighted by Gasteiger charge is 2.35. The molecule has 1 aromatic carbocycles. The highest BCUT2D eigenvalue weighted by Crippen LogP contribution is 2.40. The molecule has 0 saturated heterocycles. The van der Waals surface area contributed by atoms with E-state index in [2.05, 4.69) is 5.10 Å². The zero-order valence-corrected chi connectivity index (χ0v) is 14.0. The lowest BCUT2D eigenvalue weighted by Gasteiger charge is -2.13. The zero-order chi connectivity index (χ0) is 17.2. The molecule has 124 valence electrons. The summed E-state index contributed by atoms with van der Waals surface area (Å²) in [6, 6.07) is 1.42. The van der Waals surface area contributed by atoms with Gasteiger partial charge in [0.05, 0.1) is 32.8 Å². The monoisotopic (exact) mass is 404 g/mol. The van der Waals surface area contributed by atoms with E-state index in [0.717, 1.165) is 4.68 Å². The summed E-state index contributed by atoms with van der Waals surface area (Å²) >= 11 is 17.9. The molecular formula is C12H6Cl3F3N2O2S. The van der Waals surface area contributed by atoms with Crippen LogP contribution in [0.5, 0.6) is 0 Å². The SMILES string of the molecule is O=S1(=O)Cc2nn(-c3c(Cl)cc(C(F)(F)F)cc3Cl)c(Cl)c2C1. The maximum Gasteiger partial charge on any atom is 0.416 e. The van der Waals surface area contributed by atoms with Crippen LogP contribution in [0.4, 0.5) is 13.2 Å². The van der Waals surface area contributed by atoms with Gasteiger partial charge in [0.2, 0.25) is 0 Å². The molecule has 0 fully saturated rings. The molecule has 3 rings (SSSR count). The van der Waals surface area contributed by atoms with E-state index in [1.807, 2.05) is 0 Å². The number of hydrogen-bond donors (Lipinski definition) is 0. The largest absolute Gasteiger partial charge is 0.416 e. The van der Waals surface area contributed by atoms with Crippen molar-refractivity contribution >= 4 is 44.6 Å². The van der Waals surface area contributed by atoms with Crippen molar-refractivity contribution in [1.29, 1.82) is 0 Å². The van der Waals surface area contributed by atoms with Crippen LogP contribution in [-0.4, -0.2) is 18.2 Å². The molecule has 2 aromatic rings. The van der Waals surface area contributed by atoms with Gasteiger partial charge in [-0.2, -0.15) is 18.3 Å². The highest BCUT2D eigenvalue weighted by atomic mass is 35.5. The Balaban J connectivity index is 2.15. The van der Waals surface area contributed by atoms with E-state index >= 15 is 0 Å². The van der Waals surface area contributed by atoms with Crippen LogP contribution in [0.15, 0.2) is 12.1 Å². The van der Waals surface area contributed by atoms with Gasteiger partial charge >= 0.3 is 6.18 Å². The van der Waals surface area contributed by atoms with E-state index in [4.69, 9.17) is 34.8 Å². The Morgan fingerprint density at radius 3 is 2.13 bits per heavy atom. The molecule has 0 spiro atoms. The van der Waals surface area contributed by atoms with E-state index in [9.17, 15) is 21.6 Å². The maximum atomic E-state index is 12.7. The molecule has 0 bridgehead atoms. The average Bonchev–Trinajstić information content (AvgIpc) is 2.82. The van der Waals surface area contributed by atoms with Crippen molar-refractivity contribution in [1.82, 2.24) is 9.78 Å². The van der Waals surface area contributed by atoms with Gasteiger partial charge < -0.3 is 0 Å². The lowest BCUT2D eigenvalue weighted by molar-refractivity contribution is -0.137. The first-order valence-electron chi connectivity index (χ1n) is 6.03. The topological polar surface area (TPSA) is 52.0 Å². The molecule has 0 unspecified atom stereocenters.